The molecule has 0 amide bonds. The molecule has 4 rings (SSSR count). The van der Waals surface area contributed by atoms with E-state index in [0.29, 0.717) is 6.61 Å². The molecule has 0 atom stereocenters. The molecule has 3 heterocycles. The lowest BCUT2D eigenvalue weighted by Gasteiger charge is -2.10. The zero-order valence-corrected chi connectivity index (χ0v) is 18.3. The van der Waals surface area contributed by atoms with Crippen LogP contribution < -0.4 is 4.74 Å². The molecule has 0 aliphatic heterocycles. The maximum absolute atomic E-state index is 5.86. The summed E-state index contributed by atoms with van der Waals surface area (Å²) in [4.78, 5) is 6.73. The van der Waals surface area contributed by atoms with E-state index in [9.17, 15) is 0 Å². The summed E-state index contributed by atoms with van der Waals surface area (Å²) in [7, 11) is 5.99. The fourth-order valence-electron chi connectivity index (χ4n) is 3.51. The van der Waals surface area contributed by atoms with Crippen LogP contribution >= 0.6 is 0 Å². The van der Waals surface area contributed by atoms with E-state index in [0.717, 1.165) is 66.2 Å². The van der Waals surface area contributed by atoms with E-state index < -0.39 is 0 Å². The predicted octanol–water partition coefficient (Wildman–Crippen LogP) is 2.59. The maximum Gasteiger partial charge on any atom is 0.158 e. The van der Waals surface area contributed by atoms with Crippen molar-refractivity contribution >= 4 is 11.0 Å². The summed E-state index contributed by atoms with van der Waals surface area (Å²) in [5.41, 5.74) is 2.87. The van der Waals surface area contributed by atoms with Gasteiger partial charge in [-0.2, -0.15) is 5.10 Å². The highest BCUT2D eigenvalue weighted by Gasteiger charge is 2.13. The van der Waals surface area contributed by atoms with Gasteiger partial charge >= 0.3 is 0 Å². The third kappa shape index (κ3) is 5.05. The molecule has 0 aliphatic carbocycles. The monoisotopic (exact) mass is 420 g/mol. The Morgan fingerprint density at radius 3 is 2.65 bits per heavy atom. The third-order valence-corrected chi connectivity index (χ3v) is 5.13. The second-order valence-electron chi connectivity index (χ2n) is 7.80. The molecule has 0 N–H and O–H groups in total. The Labute approximate surface area is 181 Å². The average Bonchev–Trinajstić information content (AvgIpc) is 3.35. The summed E-state index contributed by atoms with van der Waals surface area (Å²) >= 11 is 0. The van der Waals surface area contributed by atoms with Gasteiger partial charge in [0.2, 0.25) is 0 Å². The molecule has 0 saturated carbocycles. The van der Waals surface area contributed by atoms with Crippen molar-refractivity contribution in [1.82, 2.24) is 39.9 Å². The predicted molar refractivity (Wildman–Crippen MR) is 119 cm³/mol. The largest absolute Gasteiger partial charge is 0.494 e. The van der Waals surface area contributed by atoms with Crippen molar-refractivity contribution in [3.05, 3.63) is 48.4 Å². The molecule has 0 fully saturated rings. The Hall–Kier alpha value is -3.33. The normalized spacial score (nSPS) is 11.5. The molecule has 0 saturated heterocycles. The molecular formula is C22H28N8O. The van der Waals surface area contributed by atoms with Crippen LogP contribution in [0, 0.1) is 0 Å². The Bertz CT molecular complexity index is 1120. The summed E-state index contributed by atoms with van der Waals surface area (Å²) in [5.74, 6) is 1.74. The number of aryl methyl sites for hydroxylation is 3. The molecule has 3 aromatic heterocycles. The molecule has 31 heavy (non-hydrogen) atoms. The number of fused-ring (bicyclic) bond motifs is 1. The second-order valence-corrected chi connectivity index (χ2v) is 7.80. The van der Waals surface area contributed by atoms with E-state index in [1.54, 1.807) is 4.68 Å². The van der Waals surface area contributed by atoms with Crippen molar-refractivity contribution in [2.45, 2.75) is 25.8 Å². The Morgan fingerprint density at radius 2 is 1.90 bits per heavy atom. The van der Waals surface area contributed by atoms with Gasteiger partial charge in [-0.3, -0.25) is 0 Å². The number of pyridine rings is 1. The molecule has 0 radical (unpaired) electrons. The van der Waals surface area contributed by atoms with Gasteiger partial charge in [-0.05, 0) is 73.8 Å². The summed E-state index contributed by atoms with van der Waals surface area (Å²) in [6, 6.07) is 12.2. The van der Waals surface area contributed by atoms with Gasteiger partial charge in [-0.1, -0.05) is 0 Å². The van der Waals surface area contributed by atoms with Crippen molar-refractivity contribution in [2.75, 3.05) is 27.2 Å². The second kappa shape index (κ2) is 9.65. The molecule has 1 aromatic carbocycles. The van der Waals surface area contributed by atoms with Crippen molar-refractivity contribution in [1.29, 1.82) is 0 Å². The first-order valence-corrected chi connectivity index (χ1v) is 10.5. The third-order valence-electron chi connectivity index (χ3n) is 5.13. The number of hydrogen-bond donors (Lipinski definition) is 0. The van der Waals surface area contributed by atoms with Gasteiger partial charge in [0.05, 0.1) is 6.61 Å². The summed E-state index contributed by atoms with van der Waals surface area (Å²) in [5, 5.41) is 17.5. The van der Waals surface area contributed by atoms with E-state index in [2.05, 4.69) is 57.7 Å². The quantitative estimate of drug-likeness (QED) is 0.364. The lowest BCUT2D eigenvalue weighted by Crippen LogP contribution is -2.15. The molecule has 0 spiro atoms. The SMILES string of the molecule is CN(C)CCCOc1ccc(-c2nn(CCCc3nnnn3C)c3ncccc23)cc1. The van der Waals surface area contributed by atoms with Gasteiger partial charge in [-0.25, -0.2) is 14.3 Å². The molecule has 4 aromatic rings. The van der Waals surface area contributed by atoms with Crippen LogP contribution in [-0.2, 0) is 20.0 Å². The van der Waals surface area contributed by atoms with Crippen molar-refractivity contribution in [2.24, 2.45) is 7.05 Å². The van der Waals surface area contributed by atoms with E-state index in [1.165, 1.54) is 0 Å². The number of hydrogen-bond acceptors (Lipinski definition) is 7. The first kappa shape index (κ1) is 20.9. The number of benzene rings is 1. The van der Waals surface area contributed by atoms with Crippen molar-refractivity contribution in [3.8, 4) is 17.0 Å². The molecule has 0 bridgehead atoms. The minimum atomic E-state index is 0.708. The maximum atomic E-state index is 5.86. The van der Waals surface area contributed by atoms with Gasteiger partial charge in [-0.15, -0.1) is 5.10 Å². The summed E-state index contributed by atoms with van der Waals surface area (Å²) < 4.78 is 9.53. The van der Waals surface area contributed by atoms with E-state index in [-0.39, 0.29) is 0 Å². The average molecular weight is 421 g/mol. The summed E-state index contributed by atoms with van der Waals surface area (Å²) in [6.45, 7) is 2.47. The fraction of sp³-hybridized carbons (Fsp3) is 0.409. The van der Waals surface area contributed by atoms with Crippen LogP contribution in [-0.4, -0.2) is 67.1 Å². The molecule has 9 nitrogen and oxygen atoms in total. The lowest BCUT2D eigenvalue weighted by atomic mass is 10.1. The fourth-order valence-corrected chi connectivity index (χ4v) is 3.51. The minimum absolute atomic E-state index is 0.708. The van der Waals surface area contributed by atoms with Crippen LogP contribution in [0.5, 0.6) is 5.75 Å². The molecule has 9 heteroatoms. The zero-order chi connectivity index (χ0) is 21.6. The Kier molecular flexibility index (Phi) is 6.51. The number of aromatic nitrogens is 7. The van der Waals surface area contributed by atoms with Gasteiger partial charge in [0.1, 0.15) is 11.4 Å². The molecule has 162 valence electrons. The van der Waals surface area contributed by atoms with Crippen LogP contribution in [0.1, 0.15) is 18.7 Å². The first-order chi connectivity index (χ1) is 15.1. The molecule has 0 aliphatic rings. The van der Waals surface area contributed by atoms with Crippen LogP contribution in [0.3, 0.4) is 0 Å². The Morgan fingerprint density at radius 1 is 1.06 bits per heavy atom. The number of rotatable bonds is 10. The van der Waals surface area contributed by atoms with E-state index in [1.807, 2.05) is 36.1 Å². The highest BCUT2D eigenvalue weighted by atomic mass is 16.5. The number of tetrazole rings is 1. The van der Waals surface area contributed by atoms with Crippen LogP contribution in [0.15, 0.2) is 42.6 Å². The lowest BCUT2D eigenvalue weighted by molar-refractivity contribution is 0.281. The van der Waals surface area contributed by atoms with Crippen molar-refractivity contribution < 1.29 is 4.74 Å². The van der Waals surface area contributed by atoms with Gasteiger partial charge in [0, 0.05) is 43.7 Å². The van der Waals surface area contributed by atoms with E-state index >= 15 is 0 Å². The standard InChI is InChI=1S/C22H28N8O/c1-28(2)14-6-16-31-18-11-9-17(10-12-18)21-19-7-4-13-23-22(19)30(25-21)15-5-8-20-24-26-27-29(20)3/h4,7,9-13H,5-6,8,14-16H2,1-3H3. The summed E-state index contributed by atoms with van der Waals surface area (Å²) in [6.07, 6.45) is 4.47. The van der Waals surface area contributed by atoms with Crippen molar-refractivity contribution in [3.63, 3.8) is 0 Å². The number of ether oxygens (including phenoxy) is 1. The molecule has 0 unspecified atom stereocenters. The van der Waals surface area contributed by atoms with Crippen LogP contribution in [0.25, 0.3) is 22.3 Å². The number of nitrogens with zero attached hydrogens (tertiary/aromatic N) is 8. The Balaban J connectivity index is 1.47. The smallest absolute Gasteiger partial charge is 0.158 e. The van der Waals surface area contributed by atoms with Gasteiger partial charge in [0.15, 0.2) is 11.5 Å². The minimum Gasteiger partial charge on any atom is -0.494 e. The van der Waals surface area contributed by atoms with Crippen LogP contribution in [0.2, 0.25) is 0 Å². The highest BCUT2D eigenvalue weighted by Crippen LogP contribution is 2.28. The zero-order valence-electron chi connectivity index (χ0n) is 18.3. The van der Waals surface area contributed by atoms with Crippen LogP contribution in [0.4, 0.5) is 0 Å². The van der Waals surface area contributed by atoms with Gasteiger partial charge < -0.3 is 9.64 Å². The topological polar surface area (TPSA) is 86.8 Å². The van der Waals surface area contributed by atoms with E-state index in [4.69, 9.17) is 9.84 Å². The highest BCUT2D eigenvalue weighted by molar-refractivity contribution is 5.91. The van der Waals surface area contributed by atoms with Gasteiger partial charge in [0.25, 0.3) is 0 Å². The molecular weight excluding hydrogens is 392 g/mol. The first-order valence-electron chi connectivity index (χ1n) is 10.5.